The SMILES string of the molecule is CSC1CCCCC1n1cc(C(C)=O)cc1C(=O)O. The van der Waals surface area contributed by atoms with E-state index in [9.17, 15) is 14.7 Å². The number of nitrogens with zero attached hydrogens (tertiary/aromatic N) is 1. The largest absolute Gasteiger partial charge is 0.477 e. The summed E-state index contributed by atoms with van der Waals surface area (Å²) in [6.07, 6.45) is 8.19. The molecule has 2 atom stereocenters. The maximum atomic E-state index is 11.5. The van der Waals surface area contributed by atoms with Gasteiger partial charge in [-0.05, 0) is 32.1 Å². The molecule has 0 amide bonds. The molecular formula is C14H19NO3S. The van der Waals surface area contributed by atoms with E-state index in [-0.39, 0.29) is 17.5 Å². The molecule has 19 heavy (non-hydrogen) atoms. The molecule has 1 heterocycles. The topological polar surface area (TPSA) is 59.3 Å². The van der Waals surface area contributed by atoms with Gasteiger partial charge in [-0.15, -0.1) is 0 Å². The molecule has 5 heteroatoms. The lowest BCUT2D eigenvalue weighted by Gasteiger charge is -2.32. The number of aromatic nitrogens is 1. The molecule has 0 saturated heterocycles. The van der Waals surface area contributed by atoms with Crippen molar-refractivity contribution in [2.24, 2.45) is 0 Å². The Morgan fingerprint density at radius 3 is 2.63 bits per heavy atom. The summed E-state index contributed by atoms with van der Waals surface area (Å²) in [5.41, 5.74) is 0.721. The van der Waals surface area contributed by atoms with Gasteiger partial charge in [-0.2, -0.15) is 11.8 Å². The van der Waals surface area contributed by atoms with Crippen LogP contribution in [0.2, 0.25) is 0 Å². The van der Waals surface area contributed by atoms with Gasteiger partial charge in [0.1, 0.15) is 5.69 Å². The number of carboxylic acids is 1. The molecule has 1 aromatic heterocycles. The minimum absolute atomic E-state index is 0.0854. The number of carboxylic acid groups (broad SMARTS) is 1. The molecule has 2 unspecified atom stereocenters. The van der Waals surface area contributed by atoms with Crippen molar-refractivity contribution >= 4 is 23.5 Å². The summed E-state index contributed by atoms with van der Waals surface area (Å²) in [6.45, 7) is 1.47. The van der Waals surface area contributed by atoms with Crippen LogP contribution in [0.3, 0.4) is 0 Å². The van der Waals surface area contributed by atoms with Gasteiger partial charge in [0.15, 0.2) is 5.78 Å². The summed E-state index contributed by atoms with van der Waals surface area (Å²) in [7, 11) is 0. The highest BCUT2D eigenvalue weighted by atomic mass is 32.2. The van der Waals surface area contributed by atoms with Gasteiger partial charge >= 0.3 is 5.97 Å². The molecule has 2 rings (SSSR count). The van der Waals surface area contributed by atoms with E-state index in [1.807, 2.05) is 0 Å². The number of Topliss-reactive ketones (excluding diaryl/α,β-unsaturated/α-hetero) is 1. The van der Waals surface area contributed by atoms with E-state index in [2.05, 4.69) is 6.26 Å². The first-order valence-electron chi connectivity index (χ1n) is 6.53. The monoisotopic (exact) mass is 281 g/mol. The third-order valence-electron chi connectivity index (χ3n) is 3.80. The van der Waals surface area contributed by atoms with Crippen LogP contribution in [0.4, 0.5) is 0 Å². The van der Waals surface area contributed by atoms with Gasteiger partial charge < -0.3 is 9.67 Å². The maximum Gasteiger partial charge on any atom is 0.352 e. The Kier molecular flexibility index (Phi) is 4.34. The highest BCUT2D eigenvalue weighted by molar-refractivity contribution is 7.99. The van der Waals surface area contributed by atoms with E-state index in [0.29, 0.717) is 10.8 Å². The van der Waals surface area contributed by atoms with Crippen LogP contribution < -0.4 is 0 Å². The molecular weight excluding hydrogens is 262 g/mol. The lowest BCUT2D eigenvalue weighted by molar-refractivity contribution is 0.0681. The lowest BCUT2D eigenvalue weighted by atomic mass is 9.94. The fourth-order valence-electron chi connectivity index (χ4n) is 2.79. The molecule has 1 N–H and O–H groups in total. The third-order valence-corrected chi connectivity index (χ3v) is 4.96. The number of carbonyl (C=O) groups is 2. The minimum atomic E-state index is -0.960. The fraction of sp³-hybridized carbons (Fsp3) is 0.571. The van der Waals surface area contributed by atoms with E-state index in [1.165, 1.54) is 19.4 Å². The van der Waals surface area contributed by atoms with Crippen LogP contribution in [0, 0.1) is 0 Å². The van der Waals surface area contributed by atoms with Gasteiger partial charge in [-0.25, -0.2) is 4.79 Å². The van der Waals surface area contributed by atoms with Gasteiger partial charge in [0, 0.05) is 23.1 Å². The van der Waals surface area contributed by atoms with E-state index in [1.54, 1.807) is 22.5 Å². The van der Waals surface area contributed by atoms with E-state index >= 15 is 0 Å². The predicted octanol–water partition coefficient (Wildman–Crippen LogP) is 3.24. The van der Waals surface area contributed by atoms with E-state index in [0.717, 1.165) is 19.3 Å². The number of hydrogen-bond donors (Lipinski definition) is 1. The molecule has 1 saturated carbocycles. The number of rotatable bonds is 4. The minimum Gasteiger partial charge on any atom is -0.477 e. The van der Waals surface area contributed by atoms with Crippen molar-refractivity contribution in [1.82, 2.24) is 4.57 Å². The first kappa shape index (κ1) is 14.2. The van der Waals surface area contributed by atoms with Gasteiger partial charge in [0.2, 0.25) is 0 Å². The molecule has 1 aliphatic rings. The summed E-state index contributed by atoms with van der Waals surface area (Å²) in [5, 5.41) is 9.74. The molecule has 1 aliphatic carbocycles. The lowest BCUT2D eigenvalue weighted by Crippen LogP contribution is -2.27. The normalized spacial score (nSPS) is 23.3. The van der Waals surface area contributed by atoms with Crippen LogP contribution in [0.15, 0.2) is 12.3 Å². The van der Waals surface area contributed by atoms with Crippen LogP contribution in [0.1, 0.15) is 59.5 Å². The number of ketones is 1. The molecule has 0 spiro atoms. The molecule has 104 valence electrons. The Morgan fingerprint density at radius 2 is 2.05 bits per heavy atom. The highest BCUT2D eigenvalue weighted by Crippen LogP contribution is 2.37. The highest BCUT2D eigenvalue weighted by Gasteiger charge is 2.29. The zero-order valence-corrected chi connectivity index (χ0v) is 12.1. The third kappa shape index (κ3) is 2.86. The second-order valence-electron chi connectivity index (χ2n) is 5.01. The van der Waals surface area contributed by atoms with Crippen LogP contribution in [-0.2, 0) is 0 Å². The zero-order chi connectivity index (χ0) is 14.0. The van der Waals surface area contributed by atoms with Crippen molar-refractivity contribution in [3.05, 3.63) is 23.5 Å². The molecule has 4 nitrogen and oxygen atoms in total. The van der Waals surface area contributed by atoms with Gasteiger partial charge in [0.05, 0.1) is 0 Å². The Bertz CT molecular complexity index is 495. The van der Waals surface area contributed by atoms with E-state index in [4.69, 9.17) is 0 Å². The van der Waals surface area contributed by atoms with Crippen LogP contribution in [0.25, 0.3) is 0 Å². The van der Waals surface area contributed by atoms with Crippen LogP contribution in [0.5, 0.6) is 0 Å². The zero-order valence-electron chi connectivity index (χ0n) is 11.3. The number of carbonyl (C=O) groups excluding carboxylic acids is 1. The van der Waals surface area contributed by atoms with Gasteiger partial charge in [0.25, 0.3) is 0 Å². The van der Waals surface area contributed by atoms with Crippen molar-refractivity contribution in [2.45, 2.75) is 43.9 Å². The Morgan fingerprint density at radius 1 is 1.37 bits per heavy atom. The van der Waals surface area contributed by atoms with Crippen molar-refractivity contribution in [3.63, 3.8) is 0 Å². The second-order valence-corrected chi connectivity index (χ2v) is 6.09. The second kappa shape index (κ2) is 5.82. The van der Waals surface area contributed by atoms with Crippen molar-refractivity contribution in [3.8, 4) is 0 Å². The molecule has 0 aromatic carbocycles. The van der Waals surface area contributed by atoms with Crippen molar-refractivity contribution < 1.29 is 14.7 Å². The average Bonchev–Trinajstić information content (AvgIpc) is 2.83. The quantitative estimate of drug-likeness (QED) is 0.861. The molecule has 0 aliphatic heterocycles. The predicted molar refractivity (Wildman–Crippen MR) is 76.2 cm³/mol. The smallest absolute Gasteiger partial charge is 0.352 e. The van der Waals surface area contributed by atoms with Gasteiger partial charge in [-0.3, -0.25) is 4.79 Å². The summed E-state index contributed by atoms with van der Waals surface area (Å²) >= 11 is 1.79. The Hall–Kier alpha value is -1.23. The maximum absolute atomic E-state index is 11.5. The number of aromatic carboxylic acids is 1. The average molecular weight is 281 g/mol. The van der Waals surface area contributed by atoms with Crippen LogP contribution in [-0.4, -0.2) is 32.9 Å². The molecule has 0 radical (unpaired) electrons. The fourth-order valence-corrected chi connectivity index (χ4v) is 3.77. The number of hydrogen-bond acceptors (Lipinski definition) is 3. The van der Waals surface area contributed by atoms with Crippen molar-refractivity contribution in [1.29, 1.82) is 0 Å². The first-order valence-corrected chi connectivity index (χ1v) is 7.82. The van der Waals surface area contributed by atoms with Crippen molar-refractivity contribution in [2.75, 3.05) is 6.26 Å². The van der Waals surface area contributed by atoms with Crippen LogP contribution >= 0.6 is 11.8 Å². The van der Waals surface area contributed by atoms with Gasteiger partial charge in [-0.1, -0.05) is 12.8 Å². The Labute approximate surface area is 117 Å². The summed E-state index contributed by atoms with van der Waals surface area (Å²) in [6, 6.07) is 1.68. The molecule has 1 aromatic rings. The molecule has 0 bridgehead atoms. The summed E-state index contributed by atoms with van der Waals surface area (Å²) in [5.74, 6) is -1.05. The standard InChI is InChI=1S/C14H19NO3S/c1-9(16)10-7-12(14(17)18)15(8-10)11-5-3-4-6-13(11)19-2/h7-8,11,13H,3-6H2,1-2H3,(H,17,18). The first-order chi connectivity index (χ1) is 9.04. The molecule has 1 fully saturated rings. The summed E-state index contributed by atoms with van der Waals surface area (Å²) in [4.78, 5) is 22.8. The number of thioether (sulfide) groups is 1. The summed E-state index contributed by atoms with van der Waals surface area (Å²) < 4.78 is 1.80. The Balaban J connectivity index is 2.41. The van der Waals surface area contributed by atoms with E-state index < -0.39 is 5.97 Å².